The van der Waals surface area contributed by atoms with Gasteiger partial charge in [-0.3, -0.25) is 4.79 Å². The van der Waals surface area contributed by atoms with Gasteiger partial charge in [-0.2, -0.15) is 0 Å². The highest BCUT2D eigenvalue weighted by atomic mass is 32.1. The summed E-state index contributed by atoms with van der Waals surface area (Å²) in [7, 11) is 0. The number of furan rings is 1. The Bertz CT molecular complexity index is 990. The maximum absolute atomic E-state index is 11.9. The summed E-state index contributed by atoms with van der Waals surface area (Å²) < 4.78 is 5.08. The molecule has 0 aliphatic heterocycles. The number of carbonyl (C=O) groups excluding carboxylic acids is 1. The van der Waals surface area contributed by atoms with Crippen LogP contribution in [0.25, 0.3) is 21.8 Å². The largest absolute Gasteiger partial charge is 0.459 e. The first-order valence-electron chi connectivity index (χ1n) is 8.21. The summed E-state index contributed by atoms with van der Waals surface area (Å²) in [6, 6.07) is 21.5. The van der Waals surface area contributed by atoms with Crippen molar-refractivity contribution in [3.8, 4) is 21.8 Å². The Morgan fingerprint density at radius 1 is 0.962 bits per heavy atom. The third-order valence-electron chi connectivity index (χ3n) is 3.97. The Kier molecular flexibility index (Phi) is 4.62. The van der Waals surface area contributed by atoms with Crippen LogP contribution in [0.2, 0.25) is 0 Å². The van der Waals surface area contributed by atoms with Gasteiger partial charge in [-0.15, -0.1) is 11.3 Å². The molecule has 5 heteroatoms. The van der Waals surface area contributed by atoms with Crippen LogP contribution >= 0.6 is 11.3 Å². The Hall–Kier alpha value is -3.18. The molecule has 0 atom stereocenters. The van der Waals surface area contributed by atoms with E-state index >= 15 is 0 Å². The second-order valence-corrected chi connectivity index (χ2v) is 6.62. The zero-order chi connectivity index (χ0) is 17.8. The highest BCUT2D eigenvalue weighted by Crippen LogP contribution is 2.28. The fourth-order valence-corrected chi connectivity index (χ4v) is 3.43. The van der Waals surface area contributed by atoms with Crippen LogP contribution in [-0.2, 0) is 6.54 Å². The monoisotopic (exact) mass is 360 g/mol. The smallest absolute Gasteiger partial charge is 0.287 e. The van der Waals surface area contributed by atoms with Gasteiger partial charge in [0, 0.05) is 23.1 Å². The van der Waals surface area contributed by atoms with E-state index < -0.39 is 0 Å². The molecule has 4 nitrogen and oxygen atoms in total. The van der Waals surface area contributed by atoms with Gasteiger partial charge >= 0.3 is 0 Å². The number of hydrogen-bond acceptors (Lipinski definition) is 4. The Morgan fingerprint density at radius 3 is 2.50 bits per heavy atom. The lowest BCUT2D eigenvalue weighted by Crippen LogP contribution is -2.22. The molecule has 0 aliphatic rings. The first-order chi connectivity index (χ1) is 12.8. The molecule has 0 unspecified atom stereocenters. The molecule has 0 saturated heterocycles. The van der Waals surface area contributed by atoms with Crippen LogP contribution in [0.4, 0.5) is 0 Å². The number of nitrogens with one attached hydrogen (secondary N) is 1. The average Bonchev–Trinajstić information content (AvgIpc) is 3.39. The molecule has 0 spiro atoms. The lowest BCUT2D eigenvalue weighted by Gasteiger charge is -2.04. The van der Waals surface area contributed by atoms with Crippen molar-refractivity contribution in [1.82, 2.24) is 10.3 Å². The topological polar surface area (TPSA) is 55.1 Å². The fraction of sp³-hybridized carbons (Fsp3) is 0.0476. The lowest BCUT2D eigenvalue weighted by atomic mass is 10.1. The van der Waals surface area contributed by atoms with Gasteiger partial charge in [-0.1, -0.05) is 54.6 Å². The van der Waals surface area contributed by atoms with Crippen LogP contribution in [0, 0.1) is 0 Å². The summed E-state index contributed by atoms with van der Waals surface area (Å²) in [5.74, 6) is 0.101. The van der Waals surface area contributed by atoms with Gasteiger partial charge in [-0.05, 0) is 17.7 Å². The molecule has 4 aromatic rings. The van der Waals surface area contributed by atoms with Crippen LogP contribution in [0.5, 0.6) is 0 Å². The van der Waals surface area contributed by atoms with Crippen LogP contribution in [0.1, 0.15) is 16.1 Å². The summed E-state index contributed by atoms with van der Waals surface area (Å²) in [6.45, 7) is 0.451. The second-order valence-electron chi connectivity index (χ2n) is 5.76. The van der Waals surface area contributed by atoms with Crippen LogP contribution in [0.15, 0.2) is 82.8 Å². The van der Waals surface area contributed by atoms with Gasteiger partial charge in [0.15, 0.2) is 5.76 Å². The zero-order valence-electron chi connectivity index (χ0n) is 13.9. The van der Waals surface area contributed by atoms with E-state index in [0.717, 1.165) is 27.4 Å². The number of benzene rings is 2. The predicted molar refractivity (Wildman–Crippen MR) is 103 cm³/mol. The zero-order valence-corrected chi connectivity index (χ0v) is 14.7. The van der Waals surface area contributed by atoms with E-state index in [1.54, 1.807) is 23.5 Å². The first kappa shape index (κ1) is 16.3. The molecule has 4 rings (SSSR count). The predicted octanol–water partition coefficient (Wildman–Crippen LogP) is 5.00. The molecule has 0 fully saturated rings. The number of aromatic nitrogens is 1. The number of hydrogen-bond donors (Lipinski definition) is 1. The molecule has 2 aromatic carbocycles. The first-order valence-corrected chi connectivity index (χ1v) is 9.09. The summed E-state index contributed by atoms with van der Waals surface area (Å²) >= 11 is 1.64. The standard InChI is InChI=1S/C21H16N2O2S/c24-20(19-7-4-12-25-19)22-13-15-8-10-16(11-9-15)18-14-26-21(23-18)17-5-2-1-3-6-17/h1-12,14H,13H2,(H,22,24). The van der Waals surface area contributed by atoms with E-state index in [1.165, 1.54) is 6.26 Å². The third kappa shape index (κ3) is 3.58. The van der Waals surface area contributed by atoms with Gasteiger partial charge < -0.3 is 9.73 Å². The maximum Gasteiger partial charge on any atom is 0.287 e. The minimum Gasteiger partial charge on any atom is -0.459 e. The van der Waals surface area contributed by atoms with Crippen molar-refractivity contribution in [2.75, 3.05) is 0 Å². The van der Waals surface area contributed by atoms with Gasteiger partial charge in [0.1, 0.15) is 5.01 Å². The molecule has 0 aliphatic carbocycles. The van der Waals surface area contributed by atoms with Crippen LogP contribution in [-0.4, -0.2) is 10.9 Å². The molecule has 2 aromatic heterocycles. The summed E-state index contributed by atoms with van der Waals surface area (Å²) in [6.07, 6.45) is 1.49. The Labute approximate surface area is 155 Å². The number of rotatable bonds is 5. The molecular formula is C21H16N2O2S. The Balaban J connectivity index is 1.43. The second kappa shape index (κ2) is 7.37. The molecule has 2 heterocycles. The summed E-state index contributed by atoms with van der Waals surface area (Å²) in [5.41, 5.74) is 4.16. The lowest BCUT2D eigenvalue weighted by molar-refractivity contribution is 0.0923. The van der Waals surface area contributed by atoms with Crippen molar-refractivity contribution in [3.63, 3.8) is 0 Å². The third-order valence-corrected chi connectivity index (χ3v) is 4.86. The molecule has 1 N–H and O–H groups in total. The van der Waals surface area contributed by atoms with Crippen molar-refractivity contribution in [2.45, 2.75) is 6.54 Å². The van der Waals surface area contributed by atoms with E-state index in [2.05, 4.69) is 22.8 Å². The number of carbonyl (C=O) groups is 1. The van der Waals surface area contributed by atoms with E-state index in [1.807, 2.05) is 42.5 Å². The molecule has 26 heavy (non-hydrogen) atoms. The summed E-state index contributed by atoms with van der Waals surface area (Å²) in [4.78, 5) is 16.6. The van der Waals surface area contributed by atoms with Crippen molar-refractivity contribution in [3.05, 3.63) is 89.7 Å². The fourth-order valence-electron chi connectivity index (χ4n) is 2.59. The molecular weight excluding hydrogens is 344 g/mol. The van der Waals surface area contributed by atoms with Crippen LogP contribution < -0.4 is 5.32 Å². The average molecular weight is 360 g/mol. The maximum atomic E-state index is 11.9. The van der Waals surface area contributed by atoms with E-state index in [-0.39, 0.29) is 5.91 Å². The van der Waals surface area contributed by atoms with E-state index in [0.29, 0.717) is 12.3 Å². The van der Waals surface area contributed by atoms with Gasteiger partial charge in [0.2, 0.25) is 0 Å². The highest BCUT2D eigenvalue weighted by Gasteiger charge is 2.09. The summed E-state index contributed by atoms with van der Waals surface area (Å²) in [5, 5.41) is 5.92. The van der Waals surface area contributed by atoms with Gasteiger partial charge in [0.25, 0.3) is 5.91 Å². The van der Waals surface area contributed by atoms with Gasteiger partial charge in [0.05, 0.1) is 12.0 Å². The van der Waals surface area contributed by atoms with Gasteiger partial charge in [-0.25, -0.2) is 4.98 Å². The van der Waals surface area contributed by atoms with Crippen molar-refractivity contribution in [2.24, 2.45) is 0 Å². The minimum absolute atomic E-state index is 0.217. The van der Waals surface area contributed by atoms with E-state index in [9.17, 15) is 4.79 Å². The minimum atomic E-state index is -0.217. The van der Waals surface area contributed by atoms with Crippen molar-refractivity contribution >= 4 is 17.2 Å². The Morgan fingerprint density at radius 2 is 1.77 bits per heavy atom. The van der Waals surface area contributed by atoms with Crippen molar-refractivity contribution in [1.29, 1.82) is 0 Å². The SMILES string of the molecule is O=C(NCc1ccc(-c2csc(-c3ccccc3)n2)cc1)c1ccco1. The quantitative estimate of drug-likeness (QED) is 0.545. The highest BCUT2D eigenvalue weighted by molar-refractivity contribution is 7.13. The number of nitrogens with zero attached hydrogens (tertiary/aromatic N) is 1. The number of amides is 1. The van der Waals surface area contributed by atoms with Crippen LogP contribution in [0.3, 0.4) is 0 Å². The molecule has 128 valence electrons. The molecule has 0 saturated carbocycles. The van der Waals surface area contributed by atoms with Crippen molar-refractivity contribution < 1.29 is 9.21 Å². The number of thiazole rings is 1. The van der Waals surface area contributed by atoms with E-state index in [4.69, 9.17) is 9.40 Å². The molecule has 0 radical (unpaired) electrons. The molecule has 0 bridgehead atoms. The normalized spacial score (nSPS) is 10.6. The molecule has 1 amide bonds.